The molecule has 0 saturated carbocycles. The van der Waals surface area contributed by atoms with E-state index in [4.69, 9.17) is 11.6 Å². The second kappa shape index (κ2) is 7.00. The third kappa shape index (κ3) is 3.59. The second-order valence-electron chi connectivity index (χ2n) is 4.34. The maximum absolute atomic E-state index is 13.6. The van der Waals surface area contributed by atoms with E-state index >= 15 is 0 Å². The number of amides is 1. The second-order valence-corrected chi connectivity index (χ2v) is 4.75. The molecule has 1 heterocycles. The maximum atomic E-state index is 13.6. The van der Waals surface area contributed by atoms with E-state index in [-0.39, 0.29) is 16.1 Å². The summed E-state index contributed by atoms with van der Waals surface area (Å²) in [5.41, 5.74) is 0.497. The van der Waals surface area contributed by atoms with Crippen molar-refractivity contribution in [3.05, 3.63) is 64.7 Å². The summed E-state index contributed by atoms with van der Waals surface area (Å²) in [6.07, 6.45) is 2.87. The SMILES string of the molecule is COC(=O)[C@@H](NC(=O)c1cccnc1)c1ccc(Cl)c(F)c1. The van der Waals surface area contributed by atoms with Gasteiger partial charge in [-0.2, -0.15) is 0 Å². The Bertz CT molecular complexity index is 694. The Morgan fingerprint density at radius 1 is 1.36 bits per heavy atom. The fourth-order valence-corrected chi connectivity index (χ4v) is 1.92. The quantitative estimate of drug-likeness (QED) is 0.878. The van der Waals surface area contributed by atoms with Crippen LogP contribution in [0.1, 0.15) is 22.0 Å². The van der Waals surface area contributed by atoms with Crippen molar-refractivity contribution in [2.45, 2.75) is 6.04 Å². The molecule has 7 heteroatoms. The van der Waals surface area contributed by atoms with Gasteiger partial charge in [-0.15, -0.1) is 0 Å². The maximum Gasteiger partial charge on any atom is 0.333 e. The van der Waals surface area contributed by atoms with Crippen molar-refractivity contribution in [2.75, 3.05) is 7.11 Å². The lowest BCUT2D eigenvalue weighted by Crippen LogP contribution is -2.34. The summed E-state index contributed by atoms with van der Waals surface area (Å²) < 4.78 is 18.2. The van der Waals surface area contributed by atoms with Crippen molar-refractivity contribution in [1.29, 1.82) is 0 Å². The Morgan fingerprint density at radius 3 is 2.73 bits per heavy atom. The highest BCUT2D eigenvalue weighted by Gasteiger charge is 2.25. The van der Waals surface area contributed by atoms with Gasteiger partial charge in [0, 0.05) is 12.4 Å². The average Bonchev–Trinajstić information content (AvgIpc) is 2.55. The molecule has 0 aliphatic heterocycles. The topological polar surface area (TPSA) is 68.3 Å². The molecule has 114 valence electrons. The number of pyridine rings is 1. The third-order valence-corrected chi connectivity index (χ3v) is 3.22. The molecular weight excluding hydrogens is 311 g/mol. The summed E-state index contributed by atoms with van der Waals surface area (Å²) in [6, 6.07) is 5.80. The average molecular weight is 323 g/mol. The summed E-state index contributed by atoms with van der Waals surface area (Å²) in [6.45, 7) is 0. The van der Waals surface area contributed by atoms with Gasteiger partial charge in [0.25, 0.3) is 5.91 Å². The van der Waals surface area contributed by atoms with Crippen molar-refractivity contribution in [3.8, 4) is 0 Å². The van der Waals surface area contributed by atoms with E-state index in [9.17, 15) is 14.0 Å². The Kier molecular flexibility index (Phi) is 5.06. The molecule has 0 bridgehead atoms. The van der Waals surface area contributed by atoms with Gasteiger partial charge in [0.1, 0.15) is 5.82 Å². The first kappa shape index (κ1) is 15.9. The minimum absolute atomic E-state index is 0.0778. The molecule has 1 aromatic carbocycles. The summed E-state index contributed by atoms with van der Waals surface area (Å²) in [5.74, 6) is -1.94. The summed E-state index contributed by atoms with van der Waals surface area (Å²) in [5, 5.41) is 2.41. The molecule has 0 spiro atoms. The number of hydrogen-bond acceptors (Lipinski definition) is 4. The van der Waals surface area contributed by atoms with Gasteiger partial charge in [0.05, 0.1) is 17.7 Å². The van der Waals surface area contributed by atoms with Crippen LogP contribution in [0.15, 0.2) is 42.7 Å². The van der Waals surface area contributed by atoms with Crippen molar-refractivity contribution in [2.24, 2.45) is 0 Å². The first-order valence-electron chi connectivity index (χ1n) is 6.26. The first-order valence-corrected chi connectivity index (χ1v) is 6.64. The smallest absolute Gasteiger partial charge is 0.333 e. The zero-order chi connectivity index (χ0) is 16.1. The predicted molar refractivity (Wildman–Crippen MR) is 77.9 cm³/mol. The number of hydrogen-bond donors (Lipinski definition) is 1. The highest BCUT2D eigenvalue weighted by atomic mass is 35.5. The lowest BCUT2D eigenvalue weighted by Gasteiger charge is -2.17. The van der Waals surface area contributed by atoms with Crippen LogP contribution in [0, 0.1) is 5.82 Å². The molecule has 0 unspecified atom stereocenters. The van der Waals surface area contributed by atoms with Crippen LogP contribution in [0.5, 0.6) is 0 Å². The van der Waals surface area contributed by atoms with Gasteiger partial charge >= 0.3 is 5.97 Å². The molecule has 1 amide bonds. The zero-order valence-corrected chi connectivity index (χ0v) is 12.3. The number of methoxy groups -OCH3 is 1. The number of carbonyl (C=O) groups is 2. The van der Waals surface area contributed by atoms with E-state index in [1.54, 1.807) is 12.1 Å². The normalized spacial score (nSPS) is 11.6. The zero-order valence-electron chi connectivity index (χ0n) is 11.5. The van der Waals surface area contributed by atoms with Crippen LogP contribution in [0.25, 0.3) is 0 Å². The summed E-state index contributed by atoms with van der Waals surface area (Å²) in [4.78, 5) is 27.8. The molecule has 0 fully saturated rings. The molecule has 2 aromatic rings. The van der Waals surface area contributed by atoms with Crippen molar-refractivity contribution < 1.29 is 18.7 Å². The molecule has 0 saturated heterocycles. The van der Waals surface area contributed by atoms with Gasteiger partial charge in [-0.05, 0) is 29.8 Å². The van der Waals surface area contributed by atoms with Crippen LogP contribution >= 0.6 is 11.6 Å². The van der Waals surface area contributed by atoms with E-state index in [1.165, 1.54) is 31.6 Å². The fourth-order valence-electron chi connectivity index (χ4n) is 1.80. The van der Waals surface area contributed by atoms with E-state index in [1.807, 2.05) is 0 Å². The van der Waals surface area contributed by atoms with Crippen molar-refractivity contribution in [1.82, 2.24) is 10.3 Å². The largest absolute Gasteiger partial charge is 0.467 e. The van der Waals surface area contributed by atoms with Gasteiger partial charge in [0.2, 0.25) is 0 Å². The van der Waals surface area contributed by atoms with Crippen LogP contribution in [-0.4, -0.2) is 24.0 Å². The van der Waals surface area contributed by atoms with E-state index in [0.29, 0.717) is 0 Å². The van der Waals surface area contributed by atoms with Crippen molar-refractivity contribution >= 4 is 23.5 Å². The number of aromatic nitrogens is 1. The van der Waals surface area contributed by atoms with Gasteiger partial charge in [-0.1, -0.05) is 17.7 Å². The molecule has 0 aliphatic rings. The lowest BCUT2D eigenvalue weighted by atomic mass is 10.1. The van der Waals surface area contributed by atoms with Crippen LogP contribution in [-0.2, 0) is 9.53 Å². The molecule has 1 aromatic heterocycles. The van der Waals surface area contributed by atoms with Crippen LogP contribution in [0.4, 0.5) is 4.39 Å². The monoisotopic (exact) mass is 322 g/mol. The van der Waals surface area contributed by atoms with E-state index in [0.717, 1.165) is 6.07 Å². The predicted octanol–water partition coefficient (Wildman–Crippen LogP) is 2.52. The number of benzene rings is 1. The summed E-state index contributed by atoms with van der Waals surface area (Å²) >= 11 is 5.61. The van der Waals surface area contributed by atoms with Gasteiger partial charge < -0.3 is 10.1 Å². The van der Waals surface area contributed by atoms with Gasteiger partial charge in [0.15, 0.2) is 6.04 Å². The number of nitrogens with zero attached hydrogens (tertiary/aromatic N) is 1. The van der Waals surface area contributed by atoms with Crippen molar-refractivity contribution in [3.63, 3.8) is 0 Å². The minimum atomic E-state index is -1.15. The molecular formula is C15H12ClFN2O3. The standard InChI is InChI=1S/C15H12ClFN2O3/c1-22-15(21)13(9-4-5-11(16)12(17)7-9)19-14(20)10-3-2-6-18-8-10/h2-8,13H,1H3,(H,19,20)/t13-/m0/s1. The molecule has 22 heavy (non-hydrogen) atoms. The molecule has 2 rings (SSSR count). The number of ether oxygens (including phenoxy) is 1. The van der Waals surface area contributed by atoms with Gasteiger partial charge in [-0.3, -0.25) is 9.78 Å². The van der Waals surface area contributed by atoms with Crippen LogP contribution in [0.2, 0.25) is 5.02 Å². The fraction of sp³-hybridized carbons (Fsp3) is 0.133. The lowest BCUT2D eigenvalue weighted by molar-refractivity contribution is -0.143. The minimum Gasteiger partial charge on any atom is -0.467 e. The molecule has 0 aliphatic carbocycles. The Morgan fingerprint density at radius 2 is 2.14 bits per heavy atom. The number of nitrogens with one attached hydrogen (secondary N) is 1. The molecule has 5 nitrogen and oxygen atoms in total. The number of carbonyl (C=O) groups excluding carboxylic acids is 2. The highest BCUT2D eigenvalue weighted by molar-refractivity contribution is 6.30. The number of rotatable bonds is 4. The molecule has 1 N–H and O–H groups in total. The number of halogens is 2. The molecule has 1 atom stereocenters. The molecule has 0 radical (unpaired) electrons. The van der Waals surface area contributed by atoms with Crippen LogP contribution in [0.3, 0.4) is 0 Å². The van der Waals surface area contributed by atoms with E-state index < -0.39 is 23.7 Å². The Labute approximate surface area is 131 Å². The van der Waals surface area contributed by atoms with Crippen LogP contribution < -0.4 is 5.32 Å². The highest BCUT2D eigenvalue weighted by Crippen LogP contribution is 2.21. The first-order chi connectivity index (χ1) is 10.5. The van der Waals surface area contributed by atoms with Gasteiger partial charge in [-0.25, -0.2) is 9.18 Å². The Hall–Kier alpha value is -2.47. The Balaban J connectivity index is 2.29. The summed E-state index contributed by atoms with van der Waals surface area (Å²) in [7, 11) is 1.18. The van der Waals surface area contributed by atoms with E-state index in [2.05, 4.69) is 15.0 Å². The number of esters is 1. The third-order valence-electron chi connectivity index (χ3n) is 2.91.